The second-order valence-corrected chi connectivity index (χ2v) is 7.02. The van der Waals surface area contributed by atoms with Crippen LogP contribution in [-0.2, 0) is 13.0 Å². The molecule has 23 heavy (non-hydrogen) atoms. The summed E-state index contributed by atoms with van der Waals surface area (Å²) in [4.78, 5) is 11.0. The Hall–Kier alpha value is -1.84. The second-order valence-electron chi connectivity index (χ2n) is 6.58. The molecule has 0 spiro atoms. The minimum absolute atomic E-state index is 0.0785. The van der Waals surface area contributed by atoms with Crippen LogP contribution >= 0.6 is 11.6 Å². The molecule has 0 unspecified atom stereocenters. The van der Waals surface area contributed by atoms with E-state index in [1.54, 1.807) is 18.2 Å². The summed E-state index contributed by atoms with van der Waals surface area (Å²) in [5, 5.41) is 13.2. The van der Waals surface area contributed by atoms with Crippen LogP contribution in [0.3, 0.4) is 0 Å². The zero-order valence-corrected chi connectivity index (χ0v) is 14.2. The van der Waals surface area contributed by atoms with E-state index in [-0.39, 0.29) is 5.41 Å². The van der Waals surface area contributed by atoms with E-state index in [0.717, 1.165) is 23.6 Å². The molecular weight excluding hydrogens is 310 g/mol. The van der Waals surface area contributed by atoms with Gasteiger partial charge in [-0.3, -0.25) is 0 Å². The van der Waals surface area contributed by atoms with Crippen molar-refractivity contribution in [1.82, 2.24) is 5.32 Å². The second kappa shape index (κ2) is 7.62. The number of carboxylic acid groups (broad SMARTS) is 1. The number of aromatic carboxylic acids is 1. The fourth-order valence-electron chi connectivity index (χ4n) is 2.62. The lowest BCUT2D eigenvalue weighted by Gasteiger charge is -2.25. The number of rotatable bonds is 7. The van der Waals surface area contributed by atoms with E-state index in [0.29, 0.717) is 12.1 Å². The van der Waals surface area contributed by atoms with Gasteiger partial charge < -0.3 is 10.4 Å². The highest BCUT2D eigenvalue weighted by molar-refractivity contribution is 6.30. The molecule has 2 aromatic rings. The van der Waals surface area contributed by atoms with Gasteiger partial charge in [-0.1, -0.05) is 49.7 Å². The normalized spacial score (nSPS) is 11.4. The Bertz CT molecular complexity index is 683. The fraction of sp³-hybridized carbons (Fsp3) is 0.316. The van der Waals surface area contributed by atoms with Crippen molar-refractivity contribution in [3.05, 3.63) is 70.2 Å². The number of hydrogen-bond donors (Lipinski definition) is 2. The third-order valence-corrected chi connectivity index (χ3v) is 3.91. The maximum atomic E-state index is 11.0. The predicted molar refractivity (Wildman–Crippen MR) is 94.0 cm³/mol. The van der Waals surface area contributed by atoms with Gasteiger partial charge in [-0.15, -0.1) is 0 Å². The number of carboxylic acids is 1. The third-order valence-electron chi connectivity index (χ3n) is 3.68. The minimum Gasteiger partial charge on any atom is -0.478 e. The number of hydrogen-bond acceptors (Lipinski definition) is 2. The highest BCUT2D eigenvalue weighted by Crippen LogP contribution is 2.23. The van der Waals surface area contributed by atoms with Gasteiger partial charge in [0.1, 0.15) is 0 Å². The van der Waals surface area contributed by atoms with Gasteiger partial charge in [0, 0.05) is 18.1 Å². The van der Waals surface area contributed by atoms with Gasteiger partial charge >= 0.3 is 5.97 Å². The first kappa shape index (κ1) is 17.5. The van der Waals surface area contributed by atoms with E-state index in [1.807, 2.05) is 24.3 Å². The van der Waals surface area contributed by atoms with E-state index in [9.17, 15) is 4.79 Å². The van der Waals surface area contributed by atoms with E-state index in [4.69, 9.17) is 16.7 Å². The molecule has 0 fully saturated rings. The zero-order chi connectivity index (χ0) is 16.9. The molecular formula is C19H22ClNO2. The molecule has 0 saturated heterocycles. The summed E-state index contributed by atoms with van der Waals surface area (Å²) < 4.78 is 0. The van der Waals surface area contributed by atoms with E-state index in [1.165, 1.54) is 5.56 Å². The van der Waals surface area contributed by atoms with Gasteiger partial charge in [-0.2, -0.15) is 0 Å². The van der Waals surface area contributed by atoms with Crippen molar-refractivity contribution < 1.29 is 9.90 Å². The average Bonchev–Trinajstić information content (AvgIpc) is 2.46. The largest absolute Gasteiger partial charge is 0.478 e. The minimum atomic E-state index is -0.895. The smallest absolute Gasteiger partial charge is 0.335 e. The average molecular weight is 332 g/mol. The molecule has 0 aliphatic heterocycles. The van der Waals surface area contributed by atoms with Crippen molar-refractivity contribution in [3.8, 4) is 0 Å². The zero-order valence-electron chi connectivity index (χ0n) is 13.5. The van der Waals surface area contributed by atoms with Crippen molar-refractivity contribution in [2.75, 3.05) is 6.54 Å². The highest BCUT2D eigenvalue weighted by atomic mass is 35.5. The molecule has 122 valence electrons. The molecule has 2 N–H and O–H groups in total. The lowest BCUT2D eigenvalue weighted by atomic mass is 9.85. The number of nitrogens with one attached hydrogen (secondary N) is 1. The van der Waals surface area contributed by atoms with Crippen LogP contribution < -0.4 is 5.32 Å². The summed E-state index contributed by atoms with van der Waals surface area (Å²) in [7, 11) is 0. The predicted octanol–water partition coefficient (Wildman–Crippen LogP) is 4.40. The Balaban J connectivity index is 1.89. The Labute approximate surface area is 142 Å². The van der Waals surface area contributed by atoms with Crippen molar-refractivity contribution in [1.29, 1.82) is 0 Å². The van der Waals surface area contributed by atoms with E-state index >= 15 is 0 Å². The summed E-state index contributed by atoms with van der Waals surface area (Å²) in [6.45, 7) is 5.89. The summed E-state index contributed by atoms with van der Waals surface area (Å²) >= 11 is 6.03. The van der Waals surface area contributed by atoms with Crippen LogP contribution in [0, 0.1) is 5.41 Å². The first-order valence-electron chi connectivity index (χ1n) is 7.63. The number of halogens is 1. The molecule has 2 rings (SSSR count). The highest BCUT2D eigenvalue weighted by Gasteiger charge is 2.18. The van der Waals surface area contributed by atoms with Crippen molar-refractivity contribution >= 4 is 17.6 Å². The van der Waals surface area contributed by atoms with Gasteiger partial charge in [0.2, 0.25) is 0 Å². The SMILES string of the molecule is CC(C)(CNCc1cccc(C(=O)O)c1)Cc1cccc(Cl)c1. The first-order valence-corrected chi connectivity index (χ1v) is 8.01. The van der Waals surface area contributed by atoms with Crippen LogP contribution in [0.1, 0.15) is 35.3 Å². The van der Waals surface area contributed by atoms with Gasteiger partial charge in [0.05, 0.1) is 5.56 Å². The molecule has 3 nitrogen and oxygen atoms in total. The lowest BCUT2D eigenvalue weighted by Crippen LogP contribution is -2.31. The molecule has 0 radical (unpaired) electrons. The maximum Gasteiger partial charge on any atom is 0.335 e. The maximum absolute atomic E-state index is 11.0. The van der Waals surface area contributed by atoms with Crippen LogP contribution in [0.2, 0.25) is 5.02 Å². The molecule has 0 aromatic heterocycles. The number of carbonyl (C=O) groups is 1. The third kappa shape index (κ3) is 5.70. The monoisotopic (exact) mass is 331 g/mol. The van der Waals surface area contributed by atoms with Gasteiger partial charge in [0.15, 0.2) is 0 Å². The molecule has 4 heteroatoms. The molecule has 0 aliphatic carbocycles. The van der Waals surface area contributed by atoms with Crippen LogP contribution in [0.5, 0.6) is 0 Å². The van der Waals surface area contributed by atoms with Crippen LogP contribution in [0.4, 0.5) is 0 Å². The topological polar surface area (TPSA) is 49.3 Å². The van der Waals surface area contributed by atoms with Crippen molar-refractivity contribution in [2.45, 2.75) is 26.8 Å². The first-order chi connectivity index (χ1) is 10.9. The molecule has 0 aliphatic rings. The van der Waals surface area contributed by atoms with Gasteiger partial charge in [-0.05, 0) is 47.2 Å². The Morgan fingerprint density at radius 2 is 1.83 bits per heavy atom. The Kier molecular flexibility index (Phi) is 5.80. The van der Waals surface area contributed by atoms with Crippen LogP contribution in [-0.4, -0.2) is 17.6 Å². The van der Waals surface area contributed by atoms with E-state index in [2.05, 4.69) is 25.2 Å². The quantitative estimate of drug-likeness (QED) is 0.790. The standard InChI is InChI=1S/C19H22ClNO2/c1-19(2,11-14-5-4-8-17(20)10-14)13-21-12-15-6-3-7-16(9-15)18(22)23/h3-10,21H,11-13H2,1-2H3,(H,22,23). The summed E-state index contributed by atoms with van der Waals surface area (Å²) in [5.41, 5.74) is 2.60. The summed E-state index contributed by atoms with van der Waals surface area (Å²) in [6.07, 6.45) is 0.926. The van der Waals surface area contributed by atoms with Crippen molar-refractivity contribution in [2.24, 2.45) is 5.41 Å². The van der Waals surface area contributed by atoms with Gasteiger partial charge in [-0.25, -0.2) is 4.79 Å². The van der Waals surface area contributed by atoms with Crippen LogP contribution in [0.15, 0.2) is 48.5 Å². The Morgan fingerprint density at radius 1 is 1.13 bits per heavy atom. The summed E-state index contributed by atoms with van der Waals surface area (Å²) in [6, 6.07) is 15.0. The molecule has 0 bridgehead atoms. The lowest BCUT2D eigenvalue weighted by molar-refractivity contribution is 0.0696. The molecule has 0 heterocycles. The van der Waals surface area contributed by atoms with Crippen molar-refractivity contribution in [3.63, 3.8) is 0 Å². The molecule has 0 atom stereocenters. The molecule has 0 saturated carbocycles. The molecule has 0 amide bonds. The summed E-state index contributed by atoms with van der Waals surface area (Å²) in [5.74, 6) is -0.895. The molecule has 2 aromatic carbocycles. The number of benzene rings is 2. The van der Waals surface area contributed by atoms with Gasteiger partial charge in [0.25, 0.3) is 0 Å². The van der Waals surface area contributed by atoms with Crippen LogP contribution in [0.25, 0.3) is 0 Å². The van der Waals surface area contributed by atoms with E-state index < -0.39 is 5.97 Å². The Morgan fingerprint density at radius 3 is 2.52 bits per heavy atom. The fourth-order valence-corrected chi connectivity index (χ4v) is 2.83.